The molecule has 0 bridgehead atoms. The summed E-state index contributed by atoms with van der Waals surface area (Å²) in [6.07, 6.45) is 3.52. The van der Waals surface area contributed by atoms with E-state index in [9.17, 15) is 14.9 Å². The molecule has 144 valence electrons. The Bertz CT molecular complexity index is 984. The molecule has 0 atom stereocenters. The first-order valence-corrected chi connectivity index (χ1v) is 9.06. The van der Waals surface area contributed by atoms with Crippen LogP contribution in [0, 0.1) is 10.1 Å². The summed E-state index contributed by atoms with van der Waals surface area (Å²) in [5.41, 5.74) is 0.936. The minimum Gasteiger partial charge on any atom is -0.493 e. The minimum absolute atomic E-state index is 0.000491. The average molecular weight is 401 g/mol. The molecule has 2 aromatic carbocycles. The standard InChI is InChI=1S/C20H17ClN2O5/c1-2-3-10-27-18-7-5-4-6-13(18)11-17-20(24)28-19(22-17)15-9-8-14(23(25)26)12-16(15)21/h4-9,11-12H,2-3,10H2,1H3/b17-11-. The van der Waals surface area contributed by atoms with Crippen LogP contribution in [0.25, 0.3) is 6.08 Å². The van der Waals surface area contributed by atoms with Gasteiger partial charge < -0.3 is 9.47 Å². The Kier molecular flexibility index (Phi) is 6.06. The van der Waals surface area contributed by atoms with Crippen LogP contribution in [-0.4, -0.2) is 23.4 Å². The number of carbonyl (C=O) groups is 1. The van der Waals surface area contributed by atoms with Crippen molar-refractivity contribution in [1.82, 2.24) is 0 Å². The first kappa shape index (κ1) is 19.6. The van der Waals surface area contributed by atoms with E-state index in [2.05, 4.69) is 11.9 Å². The zero-order valence-corrected chi connectivity index (χ0v) is 15.8. The fourth-order valence-corrected chi connectivity index (χ4v) is 2.78. The summed E-state index contributed by atoms with van der Waals surface area (Å²) in [6, 6.07) is 11.2. The van der Waals surface area contributed by atoms with Crippen molar-refractivity contribution in [2.75, 3.05) is 6.61 Å². The number of unbranched alkanes of at least 4 members (excludes halogenated alkanes) is 1. The number of nitro benzene ring substituents is 1. The topological polar surface area (TPSA) is 91.0 Å². The minimum atomic E-state index is -0.632. The molecule has 0 radical (unpaired) electrons. The van der Waals surface area contributed by atoms with Gasteiger partial charge in [-0.3, -0.25) is 10.1 Å². The molecule has 0 aliphatic carbocycles. The highest BCUT2D eigenvalue weighted by Gasteiger charge is 2.26. The first-order valence-electron chi connectivity index (χ1n) is 8.68. The van der Waals surface area contributed by atoms with E-state index in [1.165, 1.54) is 18.2 Å². The molecule has 28 heavy (non-hydrogen) atoms. The number of halogens is 1. The van der Waals surface area contributed by atoms with Gasteiger partial charge in [0.1, 0.15) is 5.75 Å². The number of non-ortho nitro benzene ring substituents is 1. The predicted octanol–water partition coefficient (Wildman–Crippen LogP) is 4.77. The molecule has 0 fully saturated rings. The van der Waals surface area contributed by atoms with Crippen LogP contribution in [0.15, 0.2) is 53.2 Å². The molecule has 7 nitrogen and oxygen atoms in total. The Morgan fingerprint density at radius 2 is 2.07 bits per heavy atom. The number of para-hydroxylation sites is 1. The highest BCUT2D eigenvalue weighted by atomic mass is 35.5. The van der Waals surface area contributed by atoms with Crippen molar-refractivity contribution in [3.63, 3.8) is 0 Å². The van der Waals surface area contributed by atoms with E-state index in [0.29, 0.717) is 23.5 Å². The summed E-state index contributed by atoms with van der Waals surface area (Å²) in [5, 5.41) is 10.9. The van der Waals surface area contributed by atoms with Gasteiger partial charge in [-0.1, -0.05) is 43.1 Å². The molecule has 0 N–H and O–H groups in total. The number of nitrogens with zero attached hydrogens (tertiary/aromatic N) is 2. The largest absolute Gasteiger partial charge is 0.493 e. The third-order valence-electron chi connectivity index (χ3n) is 3.98. The van der Waals surface area contributed by atoms with Crippen molar-refractivity contribution in [1.29, 1.82) is 0 Å². The van der Waals surface area contributed by atoms with E-state index in [1.54, 1.807) is 6.08 Å². The van der Waals surface area contributed by atoms with E-state index in [-0.39, 0.29) is 22.3 Å². The fourth-order valence-electron chi connectivity index (χ4n) is 2.52. The Morgan fingerprint density at radius 1 is 1.29 bits per heavy atom. The van der Waals surface area contributed by atoms with Gasteiger partial charge in [0.15, 0.2) is 5.70 Å². The van der Waals surface area contributed by atoms with Crippen LogP contribution in [0.4, 0.5) is 5.69 Å². The number of ether oxygens (including phenoxy) is 2. The highest BCUT2D eigenvalue weighted by molar-refractivity contribution is 6.34. The van der Waals surface area contributed by atoms with Gasteiger partial charge >= 0.3 is 5.97 Å². The average Bonchev–Trinajstić information content (AvgIpc) is 3.03. The summed E-state index contributed by atoms with van der Waals surface area (Å²) in [6.45, 7) is 2.65. The zero-order chi connectivity index (χ0) is 20.1. The number of hydrogen-bond acceptors (Lipinski definition) is 6. The second-order valence-corrected chi connectivity index (χ2v) is 6.40. The van der Waals surface area contributed by atoms with Crippen molar-refractivity contribution in [3.8, 4) is 5.75 Å². The van der Waals surface area contributed by atoms with Gasteiger partial charge in [-0.25, -0.2) is 9.79 Å². The smallest absolute Gasteiger partial charge is 0.363 e. The number of carbonyl (C=O) groups excluding carboxylic acids is 1. The fraction of sp³-hybridized carbons (Fsp3) is 0.200. The van der Waals surface area contributed by atoms with Crippen LogP contribution in [0.1, 0.15) is 30.9 Å². The van der Waals surface area contributed by atoms with Crippen molar-refractivity contribution in [2.24, 2.45) is 4.99 Å². The third kappa shape index (κ3) is 4.37. The molecule has 1 aliphatic rings. The zero-order valence-electron chi connectivity index (χ0n) is 15.1. The second-order valence-electron chi connectivity index (χ2n) is 6.00. The lowest BCUT2D eigenvalue weighted by Gasteiger charge is -2.08. The summed E-state index contributed by atoms with van der Waals surface area (Å²) in [4.78, 5) is 26.7. The Labute approximate surface area is 166 Å². The lowest BCUT2D eigenvalue weighted by molar-refractivity contribution is -0.384. The van der Waals surface area contributed by atoms with Crippen LogP contribution >= 0.6 is 11.6 Å². The molecular formula is C20H17ClN2O5. The Morgan fingerprint density at radius 3 is 2.79 bits per heavy atom. The van der Waals surface area contributed by atoms with Gasteiger partial charge in [-0.05, 0) is 24.6 Å². The maximum absolute atomic E-state index is 12.2. The van der Waals surface area contributed by atoms with Crippen LogP contribution in [0.5, 0.6) is 5.75 Å². The molecule has 0 aromatic heterocycles. The number of cyclic esters (lactones) is 1. The molecule has 0 saturated heterocycles. The molecule has 0 unspecified atom stereocenters. The van der Waals surface area contributed by atoms with E-state index >= 15 is 0 Å². The number of nitro groups is 1. The van der Waals surface area contributed by atoms with Gasteiger partial charge in [0.05, 0.1) is 22.1 Å². The molecule has 1 heterocycles. The number of rotatable bonds is 7. The molecular weight excluding hydrogens is 384 g/mol. The maximum Gasteiger partial charge on any atom is 0.363 e. The van der Waals surface area contributed by atoms with Gasteiger partial charge in [-0.2, -0.15) is 0 Å². The van der Waals surface area contributed by atoms with Crippen molar-refractivity contribution < 1.29 is 19.2 Å². The SMILES string of the molecule is CCCCOc1ccccc1/C=C1\N=C(c2ccc([N+](=O)[O-])cc2Cl)OC1=O. The Balaban J connectivity index is 1.89. The van der Waals surface area contributed by atoms with Gasteiger partial charge in [0, 0.05) is 17.7 Å². The van der Waals surface area contributed by atoms with Gasteiger partial charge in [0.2, 0.25) is 5.90 Å². The molecule has 1 aliphatic heterocycles. The summed E-state index contributed by atoms with van der Waals surface area (Å²) in [7, 11) is 0. The number of benzene rings is 2. The summed E-state index contributed by atoms with van der Waals surface area (Å²) >= 11 is 6.09. The molecule has 2 aromatic rings. The predicted molar refractivity (Wildman–Crippen MR) is 106 cm³/mol. The van der Waals surface area contributed by atoms with Crippen LogP contribution in [0.3, 0.4) is 0 Å². The molecule has 0 spiro atoms. The first-order chi connectivity index (χ1) is 13.5. The van der Waals surface area contributed by atoms with E-state index in [1.807, 2.05) is 24.3 Å². The second kappa shape index (κ2) is 8.67. The number of hydrogen-bond donors (Lipinski definition) is 0. The monoisotopic (exact) mass is 400 g/mol. The quantitative estimate of drug-likeness (QED) is 0.219. The molecule has 3 rings (SSSR count). The van der Waals surface area contributed by atoms with Crippen molar-refractivity contribution >= 4 is 35.2 Å². The number of esters is 1. The van der Waals surface area contributed by atoms with Gasteiger partial charge in [0.25, 0.3) is 5.69 Å². The highest BCUT2D eigenvalue weighted by Crippen LogP contribution is 2.28. The van der Waals surface area contributed by atoms with Crippen LogP contribution in [-0.2, 0) is 9.53 Å². The van der Waals surface area contributed by atoms with Gasteiger partial charge in [-0.15, -0.1) is 0 Å². The van der Waals surface area contributed by atoms with Crippen molar-refractivity contribution in [2.45, 2.75) is 19.8 Å². The third-order valence-corrected chi connectivity index (χ3v) is 4.29. The Hall–Kier alpha value is -3.19. The van der Waals surface area contributed by atoms with E-state index in [4.69, 9.17) is 21.1 Å². The lowest BCUT2D eigenvalue weighted by Crippen LogP contribution is -2.06. The lowest BCUT2D eigenvalue weighted by atomic mass is 10.1. The van der Waals surface area contributed by atoms with Crippen molar-refractivity contribution in [3.05, 3.63) is 74.4 Å². The normalized spacial score (nSPS) is 14.7. The molecule has 0 saturated carbocycles. The molecule has 8 heteroatoms. The maximum atomic E-state index is 12.2. The van der Waals surface area contributed by atoms with E-state index in [0.717, 1.165) is 12.8 Å². The molecule has 0 amide bonds. The summed E-state index contributed by atoms with van der Waals surface area (Å²) in [5.74, 6) is 0.0154. The summed E-state index contributed by atoms with van der Waals surface area (Å²) < 4.78 is 11.0. The number of aliphatic imine (C=N–C) groups is 1. The van der Waals surface area contributed by atoms with Crippen LogP contribution in [0.2, 0.25) is 5.02 Å². The van der Waals surface area contributed by atoms with Crippen LogP contribution < -0.4 is 4.74 Å². The van der Waals surface area contributed by atoms with E-state index < -0.39 is 10.9 Å².